The number of carbonyl (C=O) groups is 1. The summed E-state index contributed by atoms with van der Waals surface area (Å²) < 4.78 is 11.6. The molecule has 1 amide bonds. The molecule has 0 spiro atoms. The summed E-state index contributed by atoms with van der Waals surface area (Å²) in [6.45, 7) is 0.614. The molecule has 4 saturated carbocycles. The lowest BCUT2D eigenvalue weighted by molar-refractivity contribution is -0.188. The Morgan fingerprint density at radius 1 is 1.12 bits per heavy atom. The normalized spacial score (nSPS) is 35.6. The van der Waals surface area contributed by atoms with Gasteiger partial charge in [0, 0.05) is 18.7 Å². The standard InChI is InChI=1S/C20H26ClNO3/c1-24-20(15-7-13-6-14(9-15)10-16(20)8-13)12-22-19(23)11-25-18-4-2-17(21)3-5-18/h2-5,13-16H,6-12H2,1H3,(H,22,23). The van der Waals surface area contributed by atoms with Crippen molar-refractivity contribution in [3.05, 3.63) is 29.3 Å². The number of hydrogen-bond donors (Lipinski definition) is 1. The van der Waals surface area contributed by atoms with Gasteiger partial charge in [-0.2, -0.15) is 0 Å². The molecular weight excluding hydrogens is 338 g/mol. The Morgan fingerprint density at radius 3 is 2.28 bits per heavy atom. The van der Waals surface area contributed by atoms with Gasteiger partial charge in [0.1, 0.15) is 5.75 Å². The molecule has 1 aromatic carbocycles. The van der Waals surface area contributed by atoms with E-state index in [2.05, 4.69) is 5.32 Å². The Balaban J connectivity index is 1.33. The molecule has 1 aromatic rings. The molecule has 0 aliphatic heterocycles. The number of methoxy groups -OCH3 is 1. The summed E-state index contributed by atoms with van der Waals surface area (Å²) in [4.78, 5) is 12.3. The number of nitrogens with one attached hydrogen (secondary N) is 1. The third kappa shape index (κ3) is 3.26. The fraction of sp³-hybridized carbons (Fsp3) is 0.650. The zero-order valence-corrected chi connectivity index (χ0v) is 15.4. The molecule has 1 N–H and O–H groups in total. The number of hydrogen-bond acceptors (Lipinski definition) is 3. The second kappa shape index (κ2) is 6.81. The number of benzene rings is 1. The summed E-state index contributed by atoms with van der Waals surface area (Å²) in [6, 6.07) is 7.04. The molecule has 0 radical (unpaired) electrons. The molecule has 4 bridgehead atoms. The molecular formula is C20H26ClNO3. The monoisotopic (exact) mass is 363 g/mol. The summed E-state index contributed by atoms with van der Waals surface area (Å²) in [6.07, 6.45) is 6.46. The molecule has 25 heavy (non-hydrogen) atoms. The Bertz CT molecular complexity index is 602. The van der Waals surface area contributed by atoms with Crippen molar-refractivity contribution in [1.82, 2.24) is 5.32 Å². The Kier molecular flexibility index (Phi) is 4.67. The van der Waals surface area contributed by atoms with Crippen molar-refractivity contribution in [2.24, 2.45) is 23.7 Å². The predicted molar refractivity (Wildman–Crippen MR) is 96.7 cm³/mol. The number of amides is 1. The minimum atomic E-state index is -0.177. The van der Waals surface area contributed by atoms with Gasteiger partial charge in [0.05, 0.1) is 5.60 Å². The number of rotatable bonds is 6. The second-order valence-electron chi connectivity index (χ2n) is 7.98. The minimum absolute atomic E-state index is 0.0159. The van der Waals surface area contributed by atoms with Gasteiger partial charge in [-0.25, -0.2) is 0 Å². The van der Waals surface area contributed by atoms with Gasteiger partial charge in [0.15, 0.2) is 6.61 Å². The minimum Gasteiger partial charge on any atom is -0.484 e. The van der Waals surface area contributed by atoms with Crippen LogP contribution in [0.3, 0.4) is 0 Å². The van der Waals surface area contributed by atoms with Crippen molar-refractivity contribution in [2.45, 2.75) is 37.7 Å². The lowest BCUT2D eigenvalue weighted by atomic mass is 9.49. The molecule has 0 unspecified atom stereocenters. The van der Waals surface area contributed by atoms with E-state index >= 15 is 0 Å². The van der Waals surface area contributed by atoms with Crippen LogP contribution in [0.25, 0.3) is 0 Å². The third-order valence-corrected chi connectivity index (χ3v) is 6.90. The summed E-state index contributed by atoms with van der Waals surface area (Å²) in [5.41, 5.74) is -0.177. The average Bonchev–Trinajstić information content (AvgIpc) is 2.61. The fourth-order valence-corrected chi connectivity index (χ4v) is 5.77. The average molecular weight is 364 g/mol. The van der Waals surface area contributed by atoms with Crippen LogP contribution in [0.2, 0.25) is 5.02 Å². The maximum atomic E-state index is 12.3. The molecule has 136 valence electrons. The Labute approximate surface area is 154 Å². The van der Waals surface area contributed by atoms with E-state index in [1.807, 2.05) is 7.11 Å². The highest BCUT2D eigenvalue weighted by Gasteiger charge is 2.57. The summed E-state index contributed by atoms with van der Waals surface area (Å²) >= 11 is 5.85. The highest BCUT2D eigenvalue weighted by molar-refractivity contribution is 6.30. The lowest BCUT2D eigenvalue weighted by Crippen LogP contribution is -2.63. The van der Waals surface area contributed by atoms with Gasteiger partial charge in [0.25, 0.3) is 5.91 Å². The maximum Gasteiger partial charge on any atom is 0.258 e. The first-order valence-corrected chi connectivity index (χ1v) is 9.67. The van der Waals surface area contributed by atoms with Crippen LogP contribution in [0.4, 0.5) is 0 Å². The molecule has 0 saturated heterocycles. The summed E-state index contributed by atoms with van der Waals surface area (Å²) in [5.74, 6) is 3.50. The van der Waals surface area contributed by atoms with Gasteiger partial charge < -0.3 is 14.8 Å². The van der Waals surface area contributed by atoms with E-state index in [4.69, 9.17) is 21.1 Å². The molecule has 0 heterocycles. The van der Waals surface area contributed by atoms with Gasteiger partial charge in [-0.05, 0) is 80.0 Å². The van der Waals surface area contributed by atoms with Gasteiger partial charge in [-0.3, -0.25) is 4.79 Å². The first-order chi connectivity index (χ1) is 12.1. The van der Waals surface area contributed by atoms with Crippen molar-refractivity contribution < 1.29 is 14.3 Å². The van der Waals surface area contributed by atoms with Crippen LogP contribution in [0.5, 0.6) is 5.75 Å². The van der Waals surface area contributed by atoms with Crippen molar-refractivity contribution in [3.63, 3.8) is 0 Å². The first-order valence-electron chi connectivity index (χ1n) is 9.29. The van der Waals surface area contributed by atoms with E-state index in [1.54, 1.807) is 24.3 Å². The van der Waals surface area contributed by atoms with Gasteiger partial charge in [-0.15, -0.1) is 0 Å². The Hall–Kier alpha value is -1.26. The van der Waals surface area contributed by atoms with E-state index in [-0.39, 0.29) is 18.1 Å². The largest absolute Gasteiger partial charge is 0.484 e. The number of carbonyl (C=O) groups excluding carboxylic acids is 1. The quantitative estimate of drug-likeness (QED) is 0.838. The van der Waals surface area contributed by atoms with Crippen LogP contribution in [-0.2, 0) is 9.53 Å². The summed E-state index contributed by atoms with van der Waals surface area (Å²) in [5, 5.41) is 3.72. The predicted octanol–water partition coefficient (Wildman–Crippen LogP) is 3.68. The smallest absolute Gasteiger partial charge is 0.258 e. The van der Waals surface area contributed by atoms with E-state index in [1.165, 1.54) is 32.1 Å². The second-order valence-corrected chi connectivity index (χ2v) is 8.42. The van der Waals surface area contributed by atoms with Crippen molar-refractivity contribution in [3.8, 4) is 5.75 Å². The van der Waals surface area contributed by atoms with E-state index < -0.39 is 0 Å². The number of ether oxygens (including phenoxy) is 2. The molecule has 5 rings (SSSR count). The van der Waals surface area contributed by atoms with Crippen LogP contribution < -0.4 is 10.1 Å². The van der Waals surface area contributed by atoms with Crippen molar-refractivity contribution in [2.75, 3.05) is 20.3 Å². The van der Waals surface area contributed by atoms with Gasteiger partial charge >= 0.3 is 0 Å². The van der Waals surface area contributed by atoms with Crippen molar-refractivity contribution >= 4 is 17.5 Å². The molecule has 5 heteroatoms. The maximum absolute atomic E-state index is 12.3. The molecule has 4 nitrogen and oxygen atoms in total. The van der Waals surface area contributed by atoms with Crippen LogP contribution in [0, 0.1) is 23.7 Å². The SMILES string of the molecule is COC1(CNC(=O)COc2ccc(Cl)cc2)C2CC3CC(C2)CC1C3. The van der Waals surface area contributed by atoms with E-state index in [0.29, 0.717) is 29.2 Å². The third-order valence-electron chi connectivity index (χ3n) is 6.65. The van der Waals surface area contributed by atoms with Crippen LogP contribution in [0.15, 0.2) is 24.3 Å². The highest BCUT2D eigenvalue weighted by Crippen LogP contribution is 2.59. The highest BCUT2D eigenvalue weighted by atomic mass is 35.5. The van der Waals surface area contributed by atoms with Crippen molar-refractivity contribution in [1.29, 1.82) is 0 Å². The zero-order valence-electron chi connectivity index (χ0n) is 14.7. The summed E-state index contributed by atoms with van der Waals surface area (Å²) in [7, 11) is 1.82. The zero-order chi connectivity index (χ0) is 17.4. The van der Waals surface area contributed by atoms with Gasteiger partial charge in [0.2, 0.25) is 0 Å². The van der Waals surface area contributed by atoms with Gasteiger partial charge in [-0.1, -0.05) is 11.6 Å². The van der Waals surface area contributed by atoms with Crippen LogP contribution >= 0.6 is 11.6 Å². The number of halogens is 1. The molecule has 0 atom stereocenters. The molecule has 4 aliphatic rings. The topological polar surface area (TPSA) is 47.6 Å². The molecule has 4 fully saturated rings. The van der Waals surface area contributed by atoms with Crippen LogP contribution in [-0.4, -0.2) is 31.8 Å². The van der Waals surface area contributed by atoms with E-state index in [9.17, 15) is 4.79 Å². The molecule has 4 aliphatic carbocycles. The van der Waals surface area contributed by atoms with E-state index in [0.717, 1.165) is 11.8 Å². The lowest BCUT2D eigenvalue weighted by Gasteiger charge is -2.60. The molecule has 0 aromatic heterocycles. The van der Waals surface area contributed by atoms with Crippen LogP contribution in [0.1, 0.15) is 32.1 Å². The first kappa shape index (κ1) is 17.2. The Morgan fingerprint density at radius 2 is 1.72 bits per heavy atom. The fourth-order valence-electron chi connectivity index (χ4n) is 5.64.